The van der Waals surface area contributed by atoms with E-state index in [0.29, 0.717) is 23.7 Å². The Bertz CT molecular complexity index is 1180. The second kappa shape index (κ2) is 9.21. The van der Waals surface area contributed by atoms with E-state index in [2.05, 4.69) is 20.4 Å². The van der Waals surface area contributed by atoms with Crippen molar-refractivity contribution < 1.29 is 8.91 Å². The molecule has 2 aromatic carbocycles. The Labute approximate surface area is 179 Å². The Hall–Kier alpha value is -4.00. The Kier molecular flexibility index (Phi) is 6.03. The molecule has 0 aliphatic rings. The third-order valence-corrected chi connectivity index (χ3v) is 4.96. The monoisotopic (exact) mass is 415 g/mol. The number of hydrogen-bond acceptors (Lipinski definition) is 4. The zero-order chi connectivity index (χ0) is 21.6. The zero-order valence-corrected chi connectivity index (χ0v) is 17.0. The molecule has 7 heteroatoms. The van der Waals surface area contributed by atoms with Crippen molar-refractivity contribution in [2.75, 3.05) is 5.32 Å². The number of nitrogens with one attached hydrogen (secondary N) is 1. The minimum atomic E-state index is -0.274. The first kappa shape index (κ1) is 20.3. The number of nitrogens with zero attached hydrogens (tertiary/aromatic N) is 3. The quantitative estimate of drug-likeness (QED) is 0.343. The van der Waals surface area contributed by atoms with Crippen molar-refractivity contribution in [3.63, 3.8) is 0 Å². The average Bonchev–Trinajstić information content (AvgIpc) is 3.27. The van der Waals surface area contributed by atoms with Gasteiger partial charge in [-0.15, -0.1) is 0 Å². The molecule has 0 amide bonds. The van der Waals surface area contributed by atoms with Crippen LogP contribution >= 0.6 is 0 Å². The fourth-order valence-electron chi connectivity index (χ4n) is 3.21. The van der Waals surface area contributed by atoms with Crippen molar-refractivity contribution >= 4 is 11.8 Å². The second-order valence-electron chi connectivity index (χ2n) is 7.13. The summed E-state index contributed by atoms with van der Waals surface area (Å²) in [5.41, 5.74) is 9.74. The number of anilines is 1. The molecular formula is C24H22FN5O. The number of aliphatic imine (C=N–C) groups is 1. The van der Waals surface area contributed by atoms with Crippen LogP contribution in [0.15, 0.2) is 88.6 Å². The van der Waals surface area contributed by atoms with Gasteiger partial charge in [0, 0.05) is 29.9 Å². The third-order valence-electron chi connectivity index (χ3n) is 4.96. The van der Waals surface area contributed by atoms with Crippen LogP contribution in [0.5, 0.6) is 0 Å². The van der Waals surface area contributed by atoms with Gasteiger partial charge in [-0.2, -0.15) is 0 Å². The van der Waals surface area contributed by atoms with E-state index in [9.17, 15) is 4.39 Å². The summed E-state index contributed by atoms with van der Waals surface area (Å²) in [5.74, 6) is 0.143. The van der Waals surface area contributed by atoms with Crippen molar-refractivity contribution in [1.29, 1.82) is 0 Å². The van der Waals surface area contributed by atoms with E-state index in [1.807, 2.05) is 55.5 Å². The molecule has 0 spiro atoms. The first-order valence-corrected chi connectivity index (χ1v) is 9.87. The molecule has 6 nitrogen and oxygen atoms in total. The van der Waals surface area contributed by atoms with Crippen molar-refractivity contribution in [2.24, 2.45) is 10.7 Å². The SMILES string of the molecule is CC(c1ccc(-c2ccccc2)c(F)c1)c1cc(NC(N)=NCc2cccnc2)on1. The second-order valence-corrected chi connectivity index (χ2v) is 7.13. The normalized spacial score (nSPS) is 12.5. The van der Waals surface area contributed by atoms with Crippen LogP contribution in [0.25, 0.3) is 11.1 Å². The van der Waals surface area contributed by atoms with Gasteiger partial charge in [0.25, 0.3) is 0 Å². The largest absolute Gasteiger partial charge is 0.370 e. The van der Waals surface area contributed by atoms with E-state index in [0.717, 1.165) is 16.7 Å². The van der Waals surface area contributed by atoms with E-state index >= 15 is 0 Å². The highest BCUT2D eigenvalue weighted by atomic mass is 19.1. The summed E-state index contributed by atoms with van der Waals surface area (Å²) in [6, 6.07) is 20.2. The van der Waals surface area contributed by atoms with E-state index in [1.54, 1.807) is 30.6 Å². The Morgan fingerprint density at radius 2 is 1.97 bits per heavy atom. The summed E-state index contributed by atoms with van der Waals surface area (Å²) >= 11 is 0. The van der Waals surface area contributed by atoms with Gasteiger partial charge in [0.1, 0.15) is 5.82 Å². The lowest BCUT2D eigenvalue weighted by Gasteiger charge is -2.11. The molecule has 4 aromatic rings. The Morgan fingerprint density at radius 1 is 1.13 bits per heavy atom. The fraction of sp³-hybridized carbons (Fsp3) is 0.125. The van der Waals surface area contributed by atoms with Gasteiger partial charge in [-0.05, 0) is 28.8 Å². The Morgan fingerprint density at radius 3 is 2.71 bits per heavy atom. The van der Waals surface area contributed by atoms with Crippen LogP contribution in [0.4, 0.5) is 10.3 Å². The lowest BCUT2D eigenvalue weighted by atomic mass is 9.95. The molecule has 0 aliphatic carbocycles. The van der Waals surface area contributed by atoms with Gasteiger partial charge in [-0.25, -0.2) is 9.38 Å². The lowest BCUT2D eigenvalue weighted by Crippen LogP contribution is -2.22. The topological polar surface area (TPSA) is 89.3 Å². The molecule has 2 aromatic heterocycles. The number of nitrogens with two attached hydrogens (primary N) is 1. The molecule has 0 saturated carbocycles. The minimum Gasteiger partial charge on any atom is -0.370 e. The van der Waals surface area contributed by atoms with Gasteiger partial charge in [0.2, 0.25) is 5.88 Å². The van der Waals surface area contributed by atoms with Crippen molar-refractivity contribution in [3.05, 3.63) is 102 Å². The van der Waals surface area contributed by atoms with Crippen LogP contribution in [0.1, 0.15) is 29.7 Å². The van der Waals surface area contributed by atoms with Gasteiger partial charge in [-0.1, -0.05) is 60.6 Å². The molecule has 0 saturated heterocycles. The molecule has 0 aliphatic heterocycles. The molecular weight excluding hydrogens is 393 g/mol. The smallest absolute Gasteiger partial charge is 0.231 e. The number of pyridine rings is 1. The van der Waals surface area contributed by atoms with Gasteiger partial charge in [0.15, 0.2) is 5.96 Å². The predicted molar refractivity (Wildman–Crippen MR) is 119 cm³/mol. The maximum Gasteiger partial charge on any atom is 0.231 e. The number of hydrogen-bond donors (Lipinski definition) is 2. The van der Waals surface area contributed by atoms with Crippen LogP contribution in [0, 0.1) is 5.82 Å². The first-order valence-electron chi connectivity index (χ1n) is 9.87. The minimum absolute atomic E-state index is 0.160. The first-order chi connectivity index (χ1) is 15.1. The molecule has 31 heavy (non-hydrogen) atoms. The van der Waals surface area contributed by atoms with E-state index in [1.165, 1.54) is 0 Å². The van der Waals surface area contributed by atoms with Crippen molar-refractivity contribution in [3.8, 4) is 11.1 Å². The number of aromatic nitrogens is 2. The summed E-state index contributed by atoms with van der Waals surface area (Å²) in [6.07, 6.45) is 3.43. The standard InChI is InChI=1S/C24H22FN5O/c1-16(19-9-10-20(21(25)12-19)18-7-3-2-4-8-18)22-13-23(31-30-22)29-24(26)28-15-17-6-5-11-27-14-17/h2-14,16H,15H2,1H3,(H3,26,28,29). The van der Waals surface area contributed by atoms with E-state index in [4.69, 9.17) is 10.3 Å². The molecule has 0 bridgehead atoms. The van der Waals surface area contributed by atoms with Crippen LogP contribution < -0.4 is 11.1 Å². The molecule has 1 unspecified atom stereocenters. The fourth-order valence-corrected chi connectivity index (χ4v) is 3.21. The summed E-state index contributed by atoms with van der Waals surface area (Å²) in [4.78, 5) is 8.30. The highest BCUT2D eigenvalue weighted by Gasteiger charge is 2.16. The van der Waals surface area contributed by atoms with Gasteiger partial charge >= 0.3 is 0 Å². The molecule has 3 N–H and O–H groups in total. The maximum atomic E-state index is 14.7. The van der Waals surface area contributed by atoms with Gasteiger partial charge in [-0.3, -0.25) is 10.3 Å². The number of halogens is 1. The van der Waals surface area contributed by atoms with Crippen LogP contribution in [0.3, 0.4) is 0 Å². The average molecular weight is 415 g/mol. The number of benzene rings is 2. The number of guanidine groups is 1. The van der Waals surface area contributed by atoms with E-state index in [-0.39, 0.29) is 17.7 Å². The predicted octanol–water partition coefficient (Wildman–Crippen LogP) is 4.95. The van der Waals surface area contributed by atoms with Gasteiger partial charge < -0.3 is 10.3 Å². The van der Waals surface area contributed by atoms with Crippen molar-refractivity contribution in [2.45, 2.75) is 19.4 Å². The summed E-state index contributed by atoms with van der Waals surface area (Å²) in [7, 11) is 0. The van der Waals surface area contributed by atoms with Crippen molar-refractivity contribution in [1.82, 2.24) is 10.1 Å². The van der Waals surface area contributed by atoms with E-state index < -0.39 is 0 Å². The molecule has 2 heterocycles. The highest BCUT2D eigenvalue weighted by Crippen LogP contribution is 2.30. The molecule has 0 fully saturated rings. The third kappa shape index (κ3) is 4.95. The molecule has 4 rings (SSSR count). The molecule has 0 radical (unpaired) electrons. The Balaban J connectivity index is 1.44. The molecule has 1 atom stereocenters. The van der Waals surface area contributed by atoms with Gasteiger partial charge in [0.05, 0.1) is 12.2 Å². The van der Waals surface area contributed by atoms with Crippen LogP contribution in [0.2, 0.25) is 0 Å². The zero-order valence-electron chi connectivity index (χ0n) is 17.0. The molecule has 156 valence electrons. The maximum absolute atomic E-state index is 14.7. The summed E-state index contributed by atoms with van der Waals surface area (Å²) in [5, 5.41) is 6.98. The highest BCUT2D eigenvalue weighted by molar-refractivity contribution is 5.90. The van der Waals surface area contributed by atoms with Crippen LogP contribution in [-0.2, 0) is 6.54 Å². The lowest BCUT2D eigenvalue weighted by molar-refractivity contribution is 0.424. The summed E-state index contributed by atoms with van der Waals surface area (Å²) < 4.78 is 20.0. The number of rotatable bonds is 6. The summed E-state index contributed by atoms with van der Waals surface area (Å²) in [6.45, 7) is 2.34. The van der Waals surface area contributed by atoms with Crippen LogP contribution in [-0.4, -0.2) is 16.1 Å².